The Morgan fingerprint density at radius 3 is 2.80 bits per heavy atom. The van der Waals surface area contributed by atoms with Gasteiger partial charge >= 0.3 is 0 Å². The summed E-state index contributed by atoms with van der Waals surface area (Å²) < 4.78 is 0. The van der Waals surface area contributed by atoms with E-state index in [2.05, 4.69) is 9.97 Å². The van der Waals surface area contributed by atoms with E-state index in [1.54, 1.807) is 17.3 Å². The monoisotopic (exact) mass is 265 g/mol. The molecule has 0 saturated carbocycles. The highest BCUT2D eigenvalue weighted by molar-refractivity contribution is 5.97. The van der Waals surface area contributed by atoms with Crippen LogP contribution in [0.4, 0.5) is 0 Å². The Labute approximate surface area is 117 Å². The second-order valence-electron chi connectivity index (χ2n) is 4.80. The summed E-state index contributed by atoms with van der Waals surface area (Å²) in [5.74, 6) is 0.0123. The number of benzene rings is 1. The first-order valence-electron chi connectivity index (χ1n) is 6.45. The molecule has 0 aliphatic rings. The maximum absolute atomic E-state index is 12.4. The number of nitrogens with one attached hydrogen (secondary N) is 1. The van der Waals surface area contributed by atoms with Gasteiger partial charge < -0.3 is 9.88 Å². The molecule has 0 aliphatic heterocycles. The van der Waals surface area contributed by atoms with Crippen molar-refractivity contribution >= 4 is 16.8 Å². The summed E-state index contributed by atoms with van der Waals surface area (Å²) in [7, 11) is 1.81. The molecule has 0 unspecified atom stereocenters. The van der Waals surface area contributed by atoms with Crippen LogP contribution in [-0.4, -0.2) is 27.8 Å². The van der Waals surface area contributed by atoms with Crippen molar-refractivity contribution in [2.45, 2.75) is 6.54 Å². The largest absolute Gasteiger partial charge is 0.361 e. The van der Waals surface area contributed by atoms with E-state index in [0.29, 0.717) is 12.1 Å². The number of carbonyl (C=O) groups excluding carboxylic acids is 1. The standard InChI is InChI=1S/C16H15N3O/c1-19(11-12-4-7-17-8-5-12)16(20)14-3-2-13-6-9-18-15(13)10-14/h2-10,18H,11H2,1H3. The molecular formula is C16H15N3O. The maximum Gasteiger partial charge on any atom is 0.253 e. The number of hydrogen-bond acceptors (Lipinski definition) is 2. The second kappa shape index (κ2) is 5.17. The van der Waals surface area contributed by atoms with Crippen LogP contribution in [0.5, 0.6) is 0 Å². The molecule has 0 radical (unpaired) electrons. The summed E-state index contributed by atoms with van der Waals surface area (Å²) >= 11 is 0. The molecule has 20 heavy (non-hydrogen) atoms. The van der Waals surface area contributed by atoms with Gasteiger partial charge in [-0.25, -0.2) is 0 Å². The predicted octanol–water partition coefficient (Wildman–Crippen LogP) is 2.84. The van der Waals surface area contributed by atoms with Crippen molar-refractivity contribution in [2.75, 3.05) is 7.05 Å². The molecule has 4 heteroatoms. The highest BCUT2D eigenvalue weighted by Gasteiger charge is 2.12. The minimum Gasteiger partial charge on any atom is -0.361 e. The van der Waals surface area contributed by atoms with Gasteiger partial charge in [-0.05, 0) is 41.3 Å². The number of pyridine rings is 1. The zero-order chi connectivity index (χ0) is 13.9. The van der Waals surface area contributed by atoms with Gasteiger partial charge in [0.15, 0.2) is 0 Å². The van der Waals surface area contributed by atoms with Gasteiger partial charge in [0.25, 0.3) is 5.91 Å². The minimum atomic E-state index is 0.0123. The molecule has 2 heterocycles. The molecule has 0 aliphatic carbocycles. The summed E-state index contributed by atoms with van der Waals surface area (Å²) in [6, 6.07) is 11.5. The van der Waals surface area contributed by atoms with Crippen molar-refractivity contribution < 1.29 is 4.79 Å². The van der Waals surface area contributed by atoms with E-state index in [1.807, 2.05) is 49.6 Å². The number of carbonyl (C=O) groups is 1. The smallest absolute Gasteiger partial charge is 0.253 e. The summed E-state index contributed by atoms with van der Waals surface area (Å²) in [6.07, 6.45) is 5.34. The van der Waals surface area contributed by atoms with Gasteiger partial charge in [-0.1, -0.05) is 6.07 Å². The summed E-state index contributed by atoms with van der Waals surface area (Å²) in [5.41, 5.74) is 2.74. The average Bonchev–Trinajstić information content (AvgIpc) is 2.94. The quantitative estimate of drug-likeness (QED) is 0.791. The van der Waals surface area contributed by atoms with Crippen LogP contribution in [-0.2, 0) is 6.54 Å². The van der Waals surface area contributed by atoms with Gasteiger partial charge in [0.2, 0.25) is 0 Å². The molecule has 0 atom stereocenters. The molecule has 0 bridgehead atoms. The van der Waals surface area contributed by atoms with Gasteiger partial charge in [0.05, 0.1) is 0 Å². The Balaban J connectivity index is 1.80. The Morgan fingerprint density at radius 2 is 2.00 bits per heavy atom. The number of aromatic amines is 1. The van der Waals surface area contributed by atoms with Crippen LogP contribution < -0.4 is 0 Å². The molecular weight excluding hydrogens is 250 g/mol. The highest BCUT2D eigenvalue weighted by atomic mass is 16.2. The van der Waals surface area contributed by atoms with Crippen LogP contribution in [0.2, 0.25) is 0 Å². The lowest BCUT2D eigenvalue weighted by atomic mass is 10.1. The molecule has 3 rings (SSSR count). The van der Waals surface area contributed by atoms with Crippen molar-refractivity contribution in [3.63, 3.8) is 0 Å². The normalized spacial score (nSPS) is 10.7. The van der Waals surface area contributed by atoms with E-state index in [9.17, 15) is 4.79 Å². The summed E-state index contributed by atoms with van der Waals surface area (Å²) in [5, 5.41) is 1.11. The molecule has 1 N–H and O–H groups in total. The lowest BCUT2D eigenvalue weighted by Crippen LogP contribution is -2.26. The van der Waals surface area contributed by atoms with Crippen LogP contribution in [0.25, 0.3) is 10.9 Å². The second-order valence-corrected chi connectivity index (χ2v) is 4.80. The van der Waals surface area contributed by atoms with Crippen LogP contribution in [0, 0.1) is 0 Å². The lowest BCUT2D eigenvalue weighted by Gasteiger charge is -2.17. The van der Waals surface area contributed by atoms with E-state index < -0.39 is 0 Å². The van der Waals surface area contributed by atoms with Gasteiger partial charge in [0.1, 0.15) is 0 Å². The number of H-pyrrole nitrogens is 1. The molecule has 4 nitrogen and oxygen atoms in total. The highest BCUT2D eigenvalue weighted by Crippen LogP contribution is 2.16. The molecule has 2 aromatic heterocycles. The third kappa shape index (κ3) is 2.40. The lowest BCUT2D eigenvalue weighted by molar-refractivity contribution is 0.0785. The Morgan fingerprint density at radius 1 is 1.20 bits per heavy atom. The van der Waals surface area contributed by atoms with Crippen molar-refractivity contribution in [1.29, 1.82) is 0 Å². The number of aromatic nitrogens is 2. The van der Waals surface area contributed by atoms with Crippen LogP contribution in [0.3, 0.4) is 0 Å². The number of amides is 1. The van der Waals surface area contributed by atoms with Crippen LogP contribution >= 0.6 is 0 Å². The van der Waals surface area contributed by atoms with Crippen LogP contribution in [0.1, 0.15) is 15.9 Å². The first-order chi connectivity index (χ1) is 9.74. The fourth-order valence-electron chi connectivity index (χ4n) is 2.24. The molecule has 3 aromatic rings. The van der Waals surface area contributed by atoms with E-state index >= 15 is 0 Å². The van der Waals surface area contributed by atoms with Crippen LogP contribution in [0.15, 0.2) is 55.0 Å². The molecule has 1 aromatic carbocycles. The van der Waals surface area contributed by atoms with Crippen molar-refractivity contribution in [2.24, 2.45) is 0 Å². The Kier molecular flexibility index (Phi) is 3.21. The number of nitrogens with zero attached hydrogens (tertiary/aromatic N) is 2. The molecule has 0 spiro atoms. The minimum absolute atomic E-state index is 0.0123. The Hall–Kier alpha value is -2.62. The molecule has 1 amide bonds. The molecule has 100 valence electrons. The third-order valence-corrected chi connectivity index (χ3v) is 3.32. The van der Waals surface area contributed by atoms with Gasteiger partial charge in [-0.3, -0.25) is 9.78 Å². The fraction of sp³-hybridized carbons (Fsp3) is 0.125. The van der Waals surface area contributed by atoms with Crippen molar-refractivity contribution in [3.8, 4) is 0 Å². The van der Waals surface area contributed by atoms with E-state index in [0.717, 1.165) is 16.5 Å². The summed E-state index contributed by atoms with van der Waals surface area (Å²) in [4.78, 5) is 21.2. The fourth-order valence-corrected chi connectivity index (χ4v) is 2.24. The predicted molar refractivity (Wildman–Crippen MR) is 78.3 cm³/mol. The van der Waals surface area contributed by atoms with Gasteiger partial charge in [-0.2, -0.15) is 0 Å². The third-order valence-electron chi connectivity index (χ3n) is 3.32. The first-order valence-corrected chi connectivity index (χ1v) is 6.45. The zero-order valence-corrected chi connectivity index (χ0v) is 11.2. The maximum atomic E-state index is 12.4. The van der Waals surface area contributed by atoms with Crippen molar-refractivity contribution in [1.82, 2.24) is 14.9 Å². The average molecular weight is 265 g/mol. The van der Waals surface area contributed by atoms with Crippen molar-refractivity contribution in [3.05, 3.63) is 66.1 Å². The Bertz CT molecular complexity index is 734. The van der Waals surface area contributed by atoms with Gasteiger partial charge in [-0.15, -0.1) is 0 Å². The SMILES string of the molecule is CN(Cc1ccncc1)C(=O)c1ccc2cc[nH]c2c1. The van der Waals surface area contributed by atoms with E-state index in [1.165, 1.54) is 0 Å². The number of fused-ring (bicyclic) bond motifs is 1. The molecule has 0 fully saturated rings. The zero-order valence-electron chi connectivity index (χ0n) is 11.2. The summed E-state index contributed by atoms with van der Waals surface area (Å²) in [6.45, 7) is 0.574. The number of hydrogen-bond donors (Lipinski definition) is 1. The first kappa shape index (κ1) is 12.4. The molecule has 0 saturated heterocycles. The van der Waals surface area contributed by atoms with Gasteiger partial charge in [0, 0.05) is 43.3 Å². The number of rotatable bonds is 3. The van der Waals surface area contributed by atoms with E-state index in [4.69, 9.17) is 0 Å². The van der Waals surface area contributed by atoms with E-state index in [-0.39, 0.29) is 5.91 Å². The topological polar surface area (TPSA) is 49.0 Å².